The number of nitrogens with zero attached hydrogens (tertiary/aromatic N) is 1. The smallest absolute Gasteiger partial charge is 0.0643 e. The van der Waals surface area contributed by atoms with Gasteiger partial charge in [0.2, 0.25) is 0 Å². The highest BCUT2D eigenvalue weighted by Gasteiger charge is 2.11. The predicted octanol–water partition coefficient (Wildman–Crippen LogP) is 4.65. The maximum atomic E-state index is 6.50. The lowest BCUT2D eigenvalue weighted by molar-refractivity contribution is 0.652. The largest absolute Gasteiger partial charge is 0.366 e. The third kappa shape index (κ3) is 3.99. The molecule has 112 valence electrons. The molecule has 0 bridgehead atoms. The van der Waals surface area contributed by atoms with Gasteiger partial charge in [-0.1, -0.05) is 48.0 Å². The van der Waals surface area contributed by atoms with Crippen molar-refractivity contribution < 1.29 is 0 Å². The number of anilines is 1. The van der Waals surface area contributed by atoms with Crippen LogP contribution >= 0.6 is 11.6 Å². The number of nitrogens with one attached hydrogen (secondary N) is 1. The number of benzene rings is 2. The Labute approximate surface area is 132 Å². The van der Waals surface area contributed by atoms with E-state index in [4.69, 9.17) is 11.6 Å². The van der Waals surface area contributed by atoms with Gasteiger partial charge in [0.25, 0.3) is 0 Å². The third-order valence-electron chi connectivity index (χ3n) is 3.84. The van der Waals surface area contributed by atoms with Crippen LogP contribution in [-0.4, -0.2) is 13.6 Å². The molecule has 0 spiro atoms. The van der Waals surface area contributed by atoms with Crippen LogP contribution in [0.3, 0.4) is 0 Å². The van der Waals surface area contributed by atoms with Gasteiger partial charge in [0, 0.05) is 19.1 Å². The highest BCUT2D eigenvalue weighted by molar-refractivity contribution is 6.33. The average Bonchev–Trinajstić information content (AvgIpc) is 2.53. The zero-order chi connectivity index (χ0) is 15.2. The molecule has 2 aromatic carbocycles. The lowest BCUT2D eigenvalue weighted by Gasteiger charge is -2.25. The van der Waals surface area contributed by atoms with Gasteiger partial charge in [0.1, 0.15) is 0 Å². The van der Waals surface area contributed by atoms with E-state index in [1.807, 2.05) is 13.1 Å². The SMILES string of the molecule is CCN(Cc1ccccc1)c1ccc(C(C)NC)cc1Cl. The van der Waals surface area contributed by atoms with Crippen LogP contribution in [0.25, 0.3) is 0 Å². The Balaban J connectivity index is 2.22. The monoisotopic (exact) mass is 302 g/mol. The van der Waals surface area contributed by atoms with E-state index in [2.05, 4.69) is 66.5 Å². The zero-order valence-electron chi connectivity index (χ0n) is 12.9. The first-order chi connectivity index (χ1) is 10.2. The Kier molecular flexibility index (Phi) is 5.66. The van der Waals surface area contributed by atoms with E-state index < -0.39 is 0 Å². The van der Waals surface area contributed by atoms with Crippen LogP contribution in [0.1, 0.15) is 31.0 Å². The Bertz CT molecular complexity index is 569. The molecule has 0 aliphatic heterocycles. The Morgan fingerprint density at radius 3 is 2.43 bits per heavy atom. The van der Waals surface area contributed by atoms with E-state index in [1.165, 1.54) is 11.1 Å². The van der Waals surface area contributed by atoms with Crippen molar-refractivity contribution in [2.75, 3.05) is 18.5 Å². The van der Waals surface area contributed by atoms with Crippen LogP contribution in [-0.2, 0) is 6.54 Å². The second-order valence-electron chi connectivity index (χ2n) is 5.22. The molecule has 0 heterocycles. The summed E-state index contributed by atoms with van der Waals surface area (Å²) in [6.45, 7) is 6.09. The minimum absolute atomic E-state index is 0.306. The third-order valence-corrected chi connectivity index (χ3v) is 4.15. The predicted molar refractivity (Wildman–Crippen MR) is 92.1 cm³/mol. The van der Waals surface area contributed by atoms with Crippen molar-refractivity contribution in [3.63, 3.8) is 0 Å². The summed E-state index contributed by atoms with van der Waals surface area (Å²) in [4.78, 5) is 2.30. The molecule has 0 aliphatic carbocycles. The van der Waals surface area contributed by atoms with Crippen molar-refractivity contribution in [2.45, 2.75) is 26.4 Å². The molecule has 0 saturated carbocycles. The second kappa shape index (κ2) is 7.48. The molecular weight excluding hydrogens is 280 g/mol. The fourth-order valence-electron chi connectivity index (χ4n) is 2.39. The molecule has 2 nitrogen and oxygen atoms in total. The van der Waals surface area contributed by atoms with Crippen LogP contribution in [0, 0.1) is 0 Å². The molecular formula is C18H23ClN2. The number of halogens is 1. The van der Waals surface area contributed by atoms with E-state index in [-0.39, 0.29) is 0 Å². The molecule has 1 N–H and O–H groups in total. The van der Waals surface area contributed by atoms with Crippen molar-refractivity contribution in [1.29, 1.82) is 0 Å². The van der Waals surface area contributed by atoms with Crippen LogP contribution in [0.5, 0.6) is 0 Å². The lowest BCUT2D eigenvalue weighted by Crippen LogP contribution is -2.22. The topological polar surface area (TPSA) is 15.3 Å². The summed E-state index contributed by atoms with van der Waals surface area (Å²) in [6.07, 6.45) is 0. The number of hydrogen-bond acceptors (Lipinski definition) is 2. The first kappa shape index (κ1) is 15.9. The summed E-state index contributed by atoms with van der Waals surface area (Å²) in [5, 5.41) is 4.05. The normalized spacial score (nSPS) is 12.2. The molecule has 0 aromatic heterocycles. The van der Waals surface area contributed by atoms with Crippen LogP contribution in [0.15, 0.2) is 48.5 Å². The molecule has 2 rings (SSSR count). The molecule has 1 unspecified atom stereocenters. The molecule has 0 radical (unpaired) electrons. The summed E-state index contributed by atoms with van der Waals surface area (Å²) in [6, 6.07) is 17.1. The van der Waals surface area contributed by atoms with E-state index >= 15 is 0 Å². The lowest BCUT2D eigenvalue weighted by atomic mass is 10.1. The molecule has 3 heteroatoms. The van der Waals surface area contributed by atoms with Gasteiger partial charge in [-0.25, -0.2) is 0 Å². The summed E-state index contributed by atoms with van der Waals surface area (Å²) >= 11 is 6.50. The van der Waals surface area contributed by atoms with E-state index in [9.17, 15) is 0 Å². The van der Waals surface area contributed by atoms with Gasteiger partial charge in [-0.3, -0.25) is 0 Å². The Morgan fingerprint density at radius 2 is 1.86 bits per heavy atom. The van der Waals surface area contributed by atoms with Crippen LogP contribution < -0.4 is 10.2 Å². The minimum atomic E-state index is 0.306. The Morgan fingerprint density at radius 1 is 1.14 bits per heavy atom. The fourth-order valence-corrected chi connectivity index (χ4v) is 2.70. The Hall–Kier alpha value is -1.51. The molecule has 0 amide bonds. The van der Waals surface area contributed by atoms with E-state index in [0.717, 1.165) is 23.8 Å². The van der Waals surface area contributed by atoms with E-state index in [0.29, 0.717) is 6.04 Å². The summed E-state index contributed by atoms with van der Waals surface area (Å²) in [7, 11) is 1.96. The average molecular weight is 303 g/mol. The quantitative estimate of drug-likeness (QED) is 0.836. The molecule has 0 saturated heterocycles. The van der Waals surface area contributed by atoms with Crippen molar-refractivity contribution in [3.05, 3.63) is 64.7 Å². The van der Waals surface area contributed by atoms with Gasteiger partial charge in [0.15, 0.2) is 0 Å². The van der Waals surface area contributed by atoms with Gasteiger partial charge in [-0.15, -0.1) is 0 Å². The zero-order valence-corrected chi connectivity index (χ0v) is 13.7. The highest BCUT2D eigenvalue weighted by Crippen LogP contribution is 2.30. The molecule has 21 heavy (non-hydrogen) atoms. The first-order valence-corrected chi connectivity index (χ1v) is 7.79. The van der Waals surface area contributed by atoms with Crippen LogP contribution in [0.4, 0.5) is 5.69 Å². The molecule has 0 fully saturated rings. The number of rotatable bonds is 6. The first-order valence-electron chi connectivity index (χ1n) is 7.41. The maximum Gasteiger partial charge on any atom is 0.0643 e. The molecule has 2 aromatic rings. The van der Waals surface area contributed by atoms with E-state index in [1.54, 1.807) is 0 Å². The van der Waals surface area contributed by atoms with Crippen molar-refractivity contribution in [1.82, 2.24) is 5.32 Å². The number of hydrogen-bond donors (Lipinski definition) is 1. The standard InChI is InChI=1S/C18H23ClN2/c1-4-21(13-15-8-6-5-7-9-15)18-11-10-16(12-17(18)19)14(2)20-3/h5-12,14,20H,4,13H2,1-3H3. The summed E-state index contributed by atoms with van der Waals surface area (Å²) in [5.41, 5.74) is 3.60. The van der Waals surface area contributed by atoms with Crippen molar-refractivity contribution >= 4 is 17.3 Å². The van der Waals surface area contributed by atoms with Gasteiger partial charge in [0.05, 0.1) is 10.7 Å². The van der Waals surface area contributed by atoms with Gasteiger partial charge < -0.3 is 10.2 Å². The molecule has 0 aliphatic rings. The van der Waals surface area contributed by atoms with Gasteiger partial charge >= 0.3 is 0 Å². The summed E-state index contributed by atoms with van der Waals surface area (Å²) in [5.74, 6) is 0. The fraction of sp³-hybridized carbons (Fsp3) is 0.333. The van der Waals surface area contributed by atoms with Crippen molar-refractivity contribution in [3.8, 4) is 0 Å². The minimum Gasteiger partial charge on any atom is -0.366 e. The van der Waals surface area contributed by atoms with Crippen LogP contribution in [0.2, 0.25) is 5.02 Å². The molecule has 1 atom stereocenters. The second-order valence-corrected chi connectivity index (χ2v) is 5.63. The highest BCUT2D eigenvalue weighted by atomic mass is 35.5. The van der Waals surface area contributed by atoms with Crippen molar-refractivity contribution in [2.24, 2.45) is 0 Å². The van der Waals surface area contributed by atoms with Gasteiger partial charge in [-0.05, 0) is 44.2 Å². The van der Waals surface area contributed by atoms with Gasteiger partial charge in [-0.2, -0.15) is 0 Å². The summed E-state index contributed by atoms with van der Waals surface area (Å²) < 4.78 is 0. The maximum absolute atomic E-state index is 6.50.